The number of hydrogen-bond donors (Lipinski definition) is 0. The molecule has 0 N–H and O–H groups in total. The summed E-state index contributed by atoms with van der Waals surface area (Å²) >= 11 is 0. The Balaban J connectivity index is 0.856. The lowest BCUT2D eigenvalue weighted by Gasteiger charge is -2.35. The summed E-state index contributed by atoms with van der Waals surface area (Å²) in [5, 5.41) is 3.67. The van der Waals surface area contributed by atoms with Gasteiger partial charge in [-0.25, -0.2) is 17.6 Å². The van der Waals surface area contributed by atoms with Crippen LogP contribution < -0.4 is 9.80 Å². The van der Waals surface area contributed by atoms with Gasteiger partial charge in [0.05, 0.1) is 10.8 Å². The van der Waals surface area contributed by atoms with Crippen molar-refractivity contribution in [3.8, 4) is 22.3 Å². The molecule has 2 atom stereocenters. The molecule has 1 aromatic heterocycles. The average molecular weight is 1160 g/mol. The van der Waals surface area contributed by atoms with E-state index in [1.54, 1.807) is 24.3 Å². The zero-order valence-electron chi connectivity index (χ0n) is 47.9. The molecule has 0 aliphatic heterocycles. The van der Waals surface area contributed by atoms with E-state index in [1.165, 1.54) is 48.5 Å². The quantitative estimate of drug-likeness (QED) is 0.114. The van der Waals surface area contributed by atoms with Crippen molar-refractivity contribution in [1.29, 1.82) is 0 Å². The summed E-state index contributed by atoms with van der Waals surface area (Å²) < 4.78 is 66.6. The van der Waals surface area contributed by atoms with Gasteiger partial charge in [0.1, 0.15) is 34.4 Å². The van der Waals surface area contributed by atoms with E-state index < -0.39 is 10.8 Å². The molecule has 14 aromatic rings. The van der Waals surface area contributed by atoms with E-state index in [1.807, 2.05) is 48.6 Å². The molecule has 2 aliphatic carbocycles. The zero-order valence-corrected chi connectivity index (χ0v) is 47.9. The molecule has 0 radical (unpaired) electrons. The predicted molar refractivity (Wildman–Crippen MR) is 355 cm³/mol. The highest BCUT2D eigenvalue weighted by Crippen LogP contribution is 2.59. The summed E-state index contributed by atoms with van der Waals surface area (Å²) in [6.45, 7) is 8.06. The van der Waals surface area contributed by atoms with E-state index in [4.69, 9.17) is 4.42 Å². The van der Waals surface area contributed by atoms with Crippen LogP contribution in [0.5, 0.6) is 0 Å². The molecule has 3 nitrogen and oxygen atoms in total. The van der Waals surface area contributed by atoms with Crippen LogP contribution in [0.25, 0.3) is 67.1 Å². The maximum Gasteiger partial charge on any atom is 0.136 e. The normalized spacial score (nSPS) is 15.4. The van der Waals surface area contributed by atoms with Gasteiger partial charge in [0.2, 0.25) is 0 Å². The number of halogens is 4. The van der Waals surface area contributed by atoms with Crippen molar-refractivity contribution >= 4 is 79.0 Å². The molecule has 2 unspecified atom stereocenters. The Labute approximate surface area is 512 Å². The Kier molecular flexibility index (Phi) is 12.4. The van der Waals surface area contributed by atoms with Gasteiger partial charge in [-0.05, 0) is 228 Å². The fourth-order valence-electron chi connectivity index (χ4n) is 14.4. The summed E-state index contributed by atoms with van der Waals surface area (Å²) in [5.74, 6) is -1.35. The molecular formula is C82H52F4N2O. The van der Waals surface area contributed by atoms with Crippen LogP contribution in [0, 0.1) is 23.3 Å². The Morgan fingerprint density at radius 2 is 0.652 bits per heavy atom. The molecule has 0 saturated heterocycles. The lowest BCUT2D eigenvalue weighted by molar-refractivity contribution is 0.624. The number of benzene rings is 13. The molecule has 0 saturated carbocycles. The predicted octanol–water partition coefficient (Wildman–Crippen LogP) is 22.2. The lowest BCUT2D eigenvalue weighted by atomic mass is 9.67. The second-order valence-corrected chi connectivity index (χ2v) is 23.0. The van der Waals surface area contributed by atoms with Crippen LogP contribution >= 0.6 is 0 Å². The number of furan rings is 1. The topological polar surface area (TPSA) is 19.6 Å². The zero-order chi connectivity index (χ0) is 60.1. The van der Waals surface area contributed by atoms with Crippen LogP contribution in [0.1, 0.15) is 55.6 Å². The first-order valence-corrected chi connectivity index (χ1v) is 29.6. The Hall–Kier alpha value is -11.3. The standard InChI is InChI=1S/C82H52F4N2O/c1-3-51-13-18-55(19-14-51)81(57-22-26-59(83)27-23-57)75-11-7-5-9-69(75)71-42-39-67(49-77(71)81)87(63-35-30-61(85)31-36-63)65-34-17-53-47-80-73(46-54(53)45-65)74-48-66(41-44-79(74)89-80)88(64-37-32-62(86)33-38-64)68-40-43-72-70-10-6-8-12-76(70)82(78(72)50-68,58-24-28-60(84)29-25-58)56-20-15-52(4-2)16-21-56/h3-50H,1-2H2. The summed E-state index contributed by atoms with van der Waals surface area (Å²) in [6.07, 6.45) is 3.66. The first-order valence-electron chi connectivity index (χ1n) is 29.6. The Morgan fingerprint density at radius 1 is 0.292 bits per heavy atom. The number of hydrogen-bond acceptors (Lipinski definition) is 3. The average Bonchev–Trinajstić information content (AvgIpc) is 1.61. The van der Waals surface area contributed by atoms with E-state index in [0.29, 0.717) is 11.2 Å². The summed E-state index contributed by atoms with van der Waals surface area (Å²) in [4.78, 5) is 4.30. The van der Waals surface area contributed by atoms with E-state index in [-0.39, 0.29) is 23.3 Å². The highest BCUT2D eigenvalue weighted by Gasteiger charge is 2.48. The fourth-order valence-corrected chi connectivity index (χ4v) is 14.4. The Morgan fingerprint density at radius 3 is 1.11 bits per heavy atom. The van der Waals surface area contributed by atoms with E-state index in [2.05, 4.69) is 193 Å². The highest BCUT2D eigenvalue weighted by molar-refractivity contribution is 6.12. The molecule has 7 heteroatoms. The van der Waals surface area contributed by atoms with Gasteiger partial charge in [-0.3, -0.25) is 0 Å². The Bertz CT molecular complexity index is 5150. The third-order valence-corrected chi connectivity index (χ3v) is 18.4. The SMILES string of the molecule is C=Cc1ccc(C2(c3ccc(F)cc3)c3ccccc3-c3ccc(N(c4ccc(F)cc4)c4ccc5cc6oc7ccc(N(c8ccc(F)cc8)c8ccc9c(c8)C(c8ccc(F)cc8)(c8ccc(C=C)cc8)c8ccccc8-9)cc7c6cc5c4)cc32)cc1. The molecule has 424 valence electrons. The van der Waals surface area contributed by atoms with Crippen LogP contribution in [0.2, 0.25) is 0 Å². The maximum absolute atomic E-state index is 15.0. The molecule has 0 fully saturated rings. The van der Waals surface area contributed by atoms with Crippen LogP contribution in [0.15, 0.2) is 297 Å². The fraction of sp³-hybridized carbons (Fsp3) is 0.0244. The van der Waals surface area contributed by atoms with Crippen LogP contribution in [-0.2, 0) is 10.8 Å². The molecule has 89 heavy (non-hydrogen) atoms. The monoisotopic (exact) mass is 1160 g/mol. The van der Waals surface area contributed by atoms with Gasteiger partial charge in [-0.2, -0.15) is 0 Å². The van der Waals surface area contributed by atoms with Gasteiger partial charge in [0.15, 0.2) is 0 Å². The summed E-state index contributed by atoms with van der Waals surface area (Å²) in [7, 11) is 0. The first kappa shape index (κ1) is 53.2. The minimum absolute atomic E-state index is 0.321. The largest absolute Gasteiger partial charge is 0.456 e. The maximum atomic E-state index is 15.0. The van der Waals surface area contributed by atoms with Gasteiger partial charge in [-0.15, -0.1) is 0 Å². The van der Waals surface area contributed by atoms with Gasteiger partial charge in [0, 0.05) is 44.9 Å². The number of rotatable bonds is 12. The van der Waals surface area contributed by atoms with E-state index in [9.17, 15) is 13.2 Å². The number of nitrogens with zero attached hydrogens (tertiary/aromatic N) is 2. The van der Waals surface area contributed by atoms with Crippen LogP contribution in [-0.4, -0.2) is 0 Å². The van der Waals surface area contributed by atoms with Crippen molar-refractivity contribution in [3.05, 3.63) is 371 Å². The molecule has 0 spiro atoms. The minimum atomic E-state index is -0.847. The summed E-state index contributed by atoms with van der Waals surface area (Å²) in [5.41, 5.74) is 18.8. The van der Waals surface area contributed by atoms with E-state index >= 15 is 4.39 Å². The molecule has 13 aromatic carbocycles. The first-order chi connectivity index (χ1) is 43.6. The van der Waals surface area contributed by atoms with Crippen molar-refractivity contribution in [2.75, 3.05) is 9.80 Å². The number of anilines is 6. The second-order valence-electron chi connectivity index (χ2n) is 23.0. The van der Waals surface area contributed by atoms with E-state index in [0.717, 1.165) is 134 Å². The third-order valence-electron chi connectivity index (χ3n) is 18.4. The summed E-state index contributed by atoms with van der Waals surface area (Å²) in [6, 6.07) is 90.2. The number of fused-ring (bicyclic) bond motifs is 10. The minimum Gasteiger partial charge on any atom is -0.456 e. The van der Waals surface area contributed by atoms with Crippen molar-refractivity contribution in [3.63, 3.8) is 0 Å². The second kappa shape index (κ2) is 20.7. The van der Waals surface area contributed by atoms with Crippen LogP contribution in [0.4, 0.5) is 51.7 Å². The molecule has 16 rings (SSSR count). The van der Waals surface area contributed by atoms with Crippen molar-refractivity contribution < 1.29 is 22.0 Å². The van der Waals surface area contributed by atoms with Gasteiger partial charge < -0.3 is 14.2 Å². The van der Waals surface area contributed by atoms with Crippen molar-refractivity contribution in [1.82, 2.24) is 0 Å². The lowest BCUT2D eigenvalue weighted by Crippen LogP contribution is -2.29. The van der Waals surface area contributed by atoms with Gasteiger partial charge >= 0.3 is 0 Å². The third kappa shape index (κ3) is 8.33. The highest BCUT2D eigenvalue weighted by atomic mass is 19.1. The molecular weight excluding hydrogens is 1100 g/mol. The molecule has 0 bridgehead atoms. The van der Waals surface area contributed by atoms with Gasteiger partial charge in [-0.1, -0.05) is 165 Å². The van der Waals surface area contributed by atoms with Crippen molar-refractivity contribution in [2.45, 2.75) is 10.8 Å². The van der Waals surface area contributed by atoms with Crippen molar-refractivity contribution in [2.24, 2.45) is 0 Å². The van der Waals surface area contributed by atoms with Crippen LogP contribution in [0.3, 0.4) is 0 Å². The molecule has 1 heterocycles. The smallest absolute Gasteiger partial charge is 0.136 e. The molecule has 2 aliphatic rings. The molecule has 0 amide bonds. The van der Waals surface area contributed by atoms with Gasteiger partial charge in [0.25, 0.3) is 0 Å².